The molecule has 0 aliphatic carbocycles. The average molecular weight is 278 g/mol. The summed E-state index contributed by atoms with van der Waals surface area (Å²) >= 11 is 0. The number of nitrogens with zero attached hydrogens (tertiary/aromatic N) is 1. The monoisotopic (exact) mass is 278 g/mol. The van der Waals surface area contributed by atoms with Gasteiger partial charge in [0, 0.05) is 25.4 Å². The molecule has 5 heteroatoms. The minimum Gasteiger partial charge on any atom is -0.469 e. The van der Waals surface area contributed by atoms with Crippen molar-refractivity contribution in [1.29, 1.82) is 0 Å². The zero-order valence-electron chi connectivity index (χ0n) is 12.1. The highest BCUT2D eigenvalue weighted by atomic mass is 16.3. The van der Waals surface area contributed by atoms with Gasteiger partial charge in [0.2, 0.25) is 11.8 Å². The van der Waals surface area contributed by atoms with E-state index in [1.165, 1.54) is 0 Å². The van der Waals surface area contributed by atoms with Crippen LogP contribution in [0.25, 0.3) is 0 Å². The molecule has 2 rings (SSSR count). The van der Waals surface area contributed by atoms with E-state index < -0.39 is 0 Å². The minimum absolute atomic E-state index is 0.0248. The van der Waals surface area contributed by atoms with Crippen LogP contribution >= 0.6 is 0 Å². The summed E-state index contributed by atoms with van der Waals surface area (Å²) in [6.07, 6.45) is 4.24. The number of hydrogen-bond acceptors (Lipinski definition) is 3. The highest BCUT2D eigenvalue weighted by Crippen LogP contribution is 2.15. The van der Waals surface area contributed by atoms with E-state index in [1.807, 2.05) is 26.0 Å². The van der Waals surface area contributed by atoms with Gasteiger partial charge >= 0.3 is 0 Å². The van der Waals surface area contributed by atoms with Crippen molar-refractivity contribution in [3.63, 3.8) is 0 Å². The van der Waals surface area contributed by atoms with Gasteiger partial charge in [-0.15, -0.1) is 0 Å². The van der Waals surface area contributed by atoms with Crippen molar-refractivity contribution in [1.82, 2.24) is 10.2 Å². The second-order valence-electron chi connectivity index (χ2n) is 5.32. The molecule has 0 bridgehead atoms. The summed E-state index contributed by atoms with van der Waals surface area (Å²) in [6, 6.07) is 3.40. The highest BCUT2D eigenvalue weighted by Gasteiger charge is 2.31. The molecule has 1 aromatic rings. The molecule has 5 nitrogen and oxygen atoms in total. The zero-order chi connectivity index (χ0) is 14.5. The molecule has 0 radical (unpaired) electrons. The number of nitrogens with one attached hydrogen (secondary N) is 1. The van der Waals surface area contributed by atoms with Crippen LogP contribution in [0.4, 0.5) is 0 Å². The molecule has 0 aromatic carbocycles. The maximum Gasteiger partial charge on any atom is 0.245 e. The molecule has 1 fully saturated rings. The van der Waals surface area contributed by atoms with Crippen molar-refractivity contribution < 1.29 is 14.0 Å². The van der Waals surface area contributed by atoms with Crippen LogP contribution in [0.3, 0.4) is 0 Å². The van der Waals surface area contributed by atoms with E-state index in [0.717, 1.165) is 12.2 Å². The van der Waals surface area contributed by atoms with Gasteiger partial charge in [-0.25, -0.2) is 0 Å². The average Bonchev–Trinajstić information content (AvgIpc) is 2.86. The van der Waals surface area contributed by atoms with Gasteiger partial charge in [0.15, 0.2) is 0 Å². The summed E-state index contributed by atoms with van der Waals surface area (Å²) in [4.78, 5) is 26.0. The molecule has 2 unspecified atom stereocenters. The Kier molecular flexibility index (Phi) is 4.82. The summed E-state index contributed by atoms with van der Waals surface area (Å²) in [5.74, 6) is 0.849. The van der Waals surface area contributed by atoms with Crippen LogP contribution in [0.2, 0.25) is 0 Å². The Bertz CT molecular complexity index is 456. The zero-order valence-corrected chi connectivity index (χ0v) is 12.1. The normalized spacial score (nSPS) is 21.5. The van der Waals surface area contributed by atoms with Crippen molar-refractivity contribution in [2.45, 2.75) is 51.6 Å². The van der Waals surface area contributed by atoms with Crippen molar-refractivity contribution >= 4 is 11.8 Å². The van der Waals surface area contributed by atoms with Crippen molar-refractivity contribution in [3.05, 3.63) is 24.2 Å². The Morgan fingerprint density at radius 1 is 1.50 bits per heavy atom. The molecule has 1 saturated heterocycles. The van der Waals surface area contributed by atoms with Gasteiger partial charge in [-0.2, -0.15) is 0 Å². The predicted octanol–water partition coefficient (Wildman–Crippen LogP) is 1.73. The van der Waals surface area contributed by atoms with Crippen LogP contribution in [0.15, 0.2) is 22.8 Å². The molecule has 1 aromatic heterocycles. The van der Waals surface area contributed by atoms with E-state index in [2.05, 4.69) is 5.32 Å². The van der Waals surface area contributed by atoms with Gasteiger partial charge in [0.25, 0.3) is 0 Å². The van der Waals surface area contributed by atoms with Gasteiger partial charge in [-0.1, -0.05) is 13.3 Å². The lowest BCUT2D eigenvalue weighted by atomic mass is 10.1. The number of furan rings is 1. The first-order valence-electron chi connectivity index (χ1n) is 7.24. The van der Waals surface area contributed by atoms with E-state index in [9.17, 15) is 9.59 Å². The Balaban J connectivity index is 2.07. The van der Waals surface area contributed by atoms with Gasteiger partial charge in [-0.05, 0) is 25.5 Å². The predicted molar refractivity (Wildman–Crippen MR) is 75.0 cm³/mol. The second kappa shape index (κ2) is 6.59. The Labute approximate surface area is 119 Å². The maximum atomic E-state index is 12.5. The molecular weight excluding hydrogens is 256 g/mol. The summed E-state index contributed by atoms with van der Waals surface area (Å²) in [6.45, 7) is 4.49. The molecule has 1 aliphatic rings. The lowest BCUT2D eigenvalue weighted by molar-refractivity contribution is -0.135. The van der Waals surface area contributed by atoms with Crippen LogP contribution < -0.4 is 5.32 Å². The summed E-state index contributed by atoms with van der Waals surface area (Å²) in [5.41, 5.74) is 0. The largest absolute Gasteiger partial charge is 0.469 e. The smallest absolute Gasteiger partial charge is 0.245 e. The van der Waals surface area contributed by atoms with Crippen LogP contribution in [0, 0.1) is 0 Å². The highest BCUT2D eigenvalue weighted by molar-refractivity contribution is 5.90. The fourth-order valence-electron chi connectivity index (χ4n) is 2.61. The first-order chi connectivity index (χ1) is 9.61. The maximum absolute atomic E-state index is 12.5. The second-order valence-corrected chi connectivity index (χ2v) is 5.32. The molecular formula is C15H22N2O3. The summed E-state index contributed by atoms with van der Waals surface area (Å²) in [7, 11) is 0. The molecule has 0 saturated carbocycles. The third kappa shape index (κ3) is 3.40. The van der Waals surface area contributed by atoms with E-state index in [0.29, 0.717) is 25.8 Å². The standard InChI is InChI=1S/C15H22N2O3/c1-3-5-13-15(19)17(8-7-14(18)16-13)11(2)10-12-6-4-9-20-12/h4,6,9,11,13H,3,5,7-8,10H2,1-2H3,(H,16,18). The fraction of sp³-hybridized carbons (Fsp3) is 0.600. The van der Waals surface area contributed by atoms with E-state index in [1.54, 1.807) is 11.2 Å². The molecule has 1 N–H and O–H groups in total. The molecule has 2 heterocycles. The van der Waals surface area contributed by atoms with Crippen LogP contribution in [-0.2, 0) is 16.0 Å². The first-order valence-corrected chi connectivity index (χ1v) is 7.24. The van der Waals surface area contributed by atoms with Crippen LogP contribution in [0.1, 0.15) is 38.9 Å². The first kappa shape index (κ1) is 14.6. The molecule has 1 aliphatic heterocycles. The van der Waals surface area contributed by atoms with E-state index in [4.69, 9.17) is 4.42 Å². The number of amides is 2. The van der Waals surface area contributed by atoms with Crippen LogP contribution in [-0.4, -0.2) is 35.3 Å². The van der Waals surface area contributed by atoms with Crippen molar-refractivity contribution in [3.8, 4) is 0 Å². The topological polar surface area (TPSA) is 62.6 Å². The SMILES string of the molecule is CCCC1NC(=O)CCN(C(C)Cc2ccco2)C1=O. The molecule has 0 spiro atoms. The minimum atomic E-state index is -0.381. The number of rotatable bonds is 5. The Hall–Kier alpha value is -1.78. The summed E-state index contributed by atoms with van der Waals surface area (Å²) in [5, 5.41) is 2.82. The van der Waals surface area contributed by atoms with Crippen molar-refractivity contribution in [2.75, 3.05) is 6.54 Å². The quantitative estimate of drug-likeness (QED) is 0.892. The molecule has 2 atom stereocenters. The third-order valence-electron chi connectivity index (χ3n) is 3.68. The Morgan fingerprint density at radius 2 is 2.30 bits per heavy atom. The third-order valence-corrected chi connectivity index (χ3v) is 3.68. The molecule has 2 amide bonds. The lowest BCUT2D eigenvalue weighted by Gasteiger charge is -2.29. The van der Waals surface area contributed by atoms with E-state index >= 15 is 0 Å². The van der Waals surface area contributed by atoms with Gasteiger partial charge in [0.05, 0.1) is 6.26 Å². The van der Waals surface area contributed by atoms with Crippen molar-refractivity contribution in [2.24, 2.45) is 0 Å². The number of hydrogen-bond donors (Lipinski definition) is 1. The summed E-state index contributed by atoms with van der Waals surface area (Å²) < 4.78 is 5.34. The number of carbonyl (C=O) groups excluding carboxylic acids is 2. The molecule has 20 heavy (non-hydrogen) atoms. The molecule has 110 valence electrons. The van der Waals surface area contributed by atoms with E-state index in [-0.39, 0.29) is 23.9 Å². The Morgan fingerprint density at radius 3 is 2.95 bits per heavy atom. The van der Waals surface area contributed by atoms with Crippen LogP contribution in [0.5, 0.6) is 0 Å². The number of carbonyl (C=O) groups is 2. The fourth-order valence-corrected chi connectivity index (χ4v) is 2.61. The lowest BCUT2D eigenvalue weighted by Crippen LogP contribution is -2.48. The van der Waals surface area contributed by atoms with Gasteiger partial charge in [0.1, 0.15) is 11.8 Å². The van der Waals surface area contributed by atoms with Gasteiger partial charge in [-0.3, -0.25) is 9.59 Å². The van der Waals surface area contributed by atoms with Gasteiger partial charge < -0.3 is 14.6 Å².